The molecule has 1 aliphatic rings. The molecular formula is C11H11N3O3. The van der Waals surface area contributed by atoms with Crippen molar-refractivity contribution in [1.29, 1.82) is 5.26 Å². The Morgan fingerprint density at radius 1 is 1.59 bits per heavy atom. The summed E-state index contributed by atoms with van der Waals surface area (Å²) in [7, 11) is 0. The van der Waals surface area contributed by atoms with E-state index >= 15 is 0 Å². The zero-order chi connectivity index (χ0) is 12.5. The molecule has 0 saturated heterocycles. The van der Waals surface area contributed by atoms with Crippen molar-refractivity contribution in [3.8, 4) is 6.07 Å². The van der Waals surface area contributed by atoms with E-state index in [4.69, 9.17) is 10.4 Å². The summed E-state index contributed by atoms with van der Waals surface area (Å²) < 4.78 is 1.15. The lowest BCUT2D eigenvalue weighted by Gasteiger charge is -2.12. The second kappa shape index (κ2) is 4.01. The SMILES string of the molecule is N#CCC1(Cn2nc(C(=O)O)ccc2=O)CC1. The summed E-state index contributed by atoms with van der Waals surface area (Å²) in [6.45, 7) is 0.320. The van der Waals surface area contributed by atoms with Crippen LogP contribution >= 0.6 is 0 Å². The number of nitrogens with zero attached hydrogens (tertiary/aromatic N) is 3. The third-order valence-electron chi connectivity index (χ3n) is 2.98. The van der Waals surface area contributed by atoms with Crippen LogP contribution in [0.25, 0.3) is 0 Å². The number of aromatic nitrogens is 2. The van der Waals surface area contributed by atoms with Crippen molar-refractivity contribution >= 4 is 5.97 Å². The molecule has 0 bridgehead atoms. The molecule has 0 spiro atoms. The number of aromatic carboxylic acids is 1. The third kappa shape index (κ3) is 2.33. The van der Waals surface area contributed by atoms with Crippen LogP contribution < -0.4 is 5.56 Å². The summed E-state index contributed by atoms with van der Waals surface area (Å²) in [5.41, 5.74) is -0.667. The maximum atomic E-state index is 11.5. The lowest BCUT2D eigenvalue weighted by molar-refractivity contribution is 0.0686. The molecule has 1 heterocycles. The maximum Gasteiger partial charge on any atom is 0.356 e. The first-order chi connectivity index (χ1) is 8.06. The van der Waals surface area contributed by atoms with E-state index in [0.29, 0.717) is 13.0 Å². The van der Waals surface area contributed by atoms with Crippen LogP contribution in [0.1, 0.15) is 29.8 Å². The van der Waals surface area contributed by atoms with Crippen molar-refractivity contribution < 1.29 is 9.90 Å². The van der Waals surface area contributed by atoms with E-state index in [1.54, 1.807) is 0 Å². The lowest BCUT2D eigenvalue weighted by Crippen LogP contribution is -2.28. The van der Waals surface area contributed by atoms with Crippen molar-refractivity contribution in [2.45, 2.75) is 25.8 Å². The van der Waals surface area contributed by atoms with E-state index in [0.717, 1.165) is 17.5 Å². The van der Waals surface area contributed by atoms with E-state index in [1.807, 2.05) is 0 Å². The van der Waals surface area contributed by atoms with Gasteiger partial charge in [0.15, 0.2) is 5.69 Å². The molecule has 0 amide bonds. The highest BCUT2D eigenvalue weighted by molar-refractivity contribution is 5.84. The van der Waals surface area contributed by atoms with Gasteiger partial charge >= 0.3 is 5.97 Å². The molecule has 1 aromatic rings. The minimum absolute atomic E-state index is 0.155. The first-order valence-electron chi connectivity index (χ1n) is 5.25. The largest absolute Gasteiger partial charge is 0.476 e. The number of hydrogen-bond acceptors (Lipinski definition) is 4. The molecule has 2 rings (SSSR count). The fraction of sp³-hybridized carbons (Fsp3) is 0.455. The minimum Gasteiger partial charge on any atom is -0.476 e. The molecule has 1 fully saturated rings. The van der Waals surface area contributed by atoms with Gasteiger partial charge in [-0.3, -0.25) is 4.79 Å². The van der Waals surface area contributed by atoms with Gasteiger partial charge in [-0.05, 0) is 18.9 Å². The number of carboxylic acid groups (broad SMARTS) is 1. The highest BCUT2D eigenvalue weighted by atomic mass is 16.4. The van der Waals surface area contributed by atoms with Crippen LogP contribution in [0.3, 0.4) is 0 Å². The van der Waals surface area contributed by atoms with Crippen LogP contribution in [0.15, 0.2) is 16.9 Å². The van der Waals surface area contributed by atoms with E-state index in [1.165, 1.54) is 12.1 Å². The first-order valence-corrected chi connectivity index (χ1v) is 5.25. The molecule has 0 radical (unpaired) electrons. The van der Waals surface area contributed by atoms with Crippen LogP contribution in [-0.2, 0) is 6.54 Å². The maximum absolute atomic E-state index is 11.5. The van der Waals surface area contributed by atoms with Crippen LogP contribution in [0.2, 0.25) is 0 Å². The Kier molecular flexibility index (Phi) is 2.68. The first kappa shape index (κ1) is 11.3. The lowest BCUT2D eigenvalue weighted by atomic mass is 10.0. The standard InChI is InChI=1S/C11H11N3O3/c12-6-5-11(3-4-11)7-14-9(15)2-1-8(13-14)10(16)17/h1-2H,3-5,7H2,(H,16,17). The van der Waals surface area contributed by atoms with Crippen molar-refractivity contribution in [3.05, 3.63) is 28.2 Å². The van der Waals surface area contributed by atoms with Crippen molar-refractivity contribution in [2.24, 2.45) is 5.41 Å². The number of nitriles is 1. The molecule has 1 aromatic heterocycles. The zero-order valence-electron chi connectivity index (χ0n) is 9.09. The summed E-state index contributed by atoms with van der Waals surface area (Å²) in [5, 5.41) is 21.2. The number of rotatable bonds is 4. The van der Waals surface area contributed by atoms with Crippen molar-refractivity contribution in [1.82, 2.24) is 9.78 Å². The van der Waals surface area contributed by atoms with Gasteiger partial charge in [-0.25, -0.2) is 9.48 Å². The second-order valence-electron chi connectivity index (χ2n) is 4.35. The molecule has 1 N–H and O–H groups in total. The molecule has 17 heavy (non-hydrogen) atoms. The smallest absolute Gasteiger partial charge is 0.356 e. The summed E-state index contributed by atoms with van der Waals surface area (Å²) >= 11 is 0. The predicted octanol–water partition coefficient (Wildman–Crippen LogP) is 0.635. The monoisotopic (exact) mass is 233 g/mol. The van der Waals surface area contributed by atoms with E-state index < -0.39 is 5.97 Å². The van der Waals surface area contributed by atoms with Gasteiger partial charge in [0.05, 0.1) is 12.6 Å². The molecule has 0 atom stereocenters. The fourth-order valence-corrected chi connectivity index (χ4v) is 1.73. The molecule has 0 unspecified atom stereocenters. The Morgan fingerprint density at radius 2 is 2.29 bits per heavy atom. The van der Waals surface area contributed by atoms with E-state index in [9.17, 15) is 9.59 Å². The molecule has 6 heteroatoms. The Bertz CT molecular complexity index is 552. The van der Waals surface area contributed by atoms with Gasteiger partial charge < -0.3 is 5.11 Å². The Labute approximate surface area is 97.1 Å². The van der Waals surface area contributed by atoms with Crippen LogP contribution in [0.4, 0.5) is 0 Å². The minimum atomic E-state index is -1.16. The van der Waals surface area contributed by atoms with Crippen LogP contribution in [0, 0.1) is 16.7 Å². The number of carbonyl (C=O) groups is 1. The van der Waals surface area contributed by atoms with Gasteiger partial charge in [0, 0.05) is 17.9 Å². The zero-order valence-corrected chi connectivity index (χ0v) is 9.09. The Morgan fingerprint density at radius 3 is 2.82 bits per heavy atom. The molecular weight excluding hydrogens is 222 g/mol. The summed E-state index contributed by atoms with van der Waals surface area (Å²) in [4.78, 5) is 22.3. The summed E-state index contributed by atoms with van der Waals surface area (Å²) in [5.74, 6) is -1.16. The highest BCUT2D eigenvalue weighted by Gasteiger charge is 2.43. The van der Waals surface area contributed by atoms with E-state index in [2.05, 4.69) is 11.2 Å². The summed E-state index contributed by atoms with van der Waals surface area (Å²) in [6.07, 6.45) is 2.14. The molecule has 1 aliphatic carbocycles. The molecule has 6 nitrogen and oxygen atoms in total. The van der Waals surface area contributed by atoms with Gasteiger partial charge in [-0.1, -0.05) is 0 Å². The highest BCUT2D eigenvalue weighted by Crippen LogP contribution is 2.49. The third-order valence-corrected chi connectivity index (χ3v) is 2.98. The molecule has 1 saturated carbocycles. The van der Waals surface area contributed by atoms with Crippen molar-refractivity contribution in [2.75, 3.05) is 0 Å². The van der Waals surface area contributed by atoms with Gasteiger partial charge in [0.1, 0.15) is 0 Å². The predicted molar refractivity (Wildman–Crippen MR) is 57.4 cm³/mol. The van der Waals surface area contributed by atoms with Gasteiger partial charge in [0.25, 0.3) is 5.56 Å². The Balaban J connectivity index is 2.27. The normalized spacial score (nSPS) is 16.2. The van der Waals surface area contributed by atoms with Gasteiger partial charge in [-0.2, -0.15) is 10.4 Å². The molecule has 0 aromatic carbocycles. The van der Waals surface area contributed by atoms with Crippen LogP contribution in [0.5, 0.6) is 0 Å². The summed E-state index contributed by atoms with van der Waals surface area (Å²) in [6, 6.07) is 4.47. The molecule has 88 valence electrons. The van der Waals surface area contributed by atoms with Gasteiger partial charge in [-0.15, -0.1) is 0 Å². The average Bonchev–Trinajstić information content (AvgIpc) is 3.02. The second-order valence-corrected chi connectivity index (χ2v) is 4.35. The fourth-order valence-electron chi connectivity index (χ4n) is 1.73. The van der Waals surface area contributed by atoms with Crippen LogP contribution in [-0.4, -0.2) is 20.9 Å². The average molecular weight is 233 g/mol. The van der Waals surface area contributed by atoms with E-state index in [-0.39, 0.29) is 16.7 Å². The molecule has 0 aliphatic heterocycles. The number of carboxylic acids is 1. The number of hydrogen-bond donors (Lipinski definition) is 1. The quantitative estimate of drug-likeness (QED) is 0.822. The van der Waals surface area contributed by atoms with Crippen molar-refractivity contribution in [3.63, 3.8) is 0 Å². The van der Waals surface area contributed by atoms with Gasteiger partial charge in [0.2, 0.25) is 0 Å². The Hall–Kier alpha value is -2.16. The topological polar surface area (TPSA) is 96.0 Å².